The molecule has 5 heteroatoms. The first-order valence-corrected chi connectivity index (χ1v) is 6.98. The van der Waals surface area contributed by atoms with Crippen molar-refractivity contribution in [2.24, 2.45) is 5.92 Å². The maximum absolute atomic E-state index is 11.3. The van der Waals surface area contributed by atoms with Gasteiger partial charge in [0.25, 0.3) is 0 Å². The normalized spacial score (nSPS) is 14.6. The van der Waals surface area contributed by atoms with Gasteiger partial charge in [0.1, 0.15) is 0 Å². The lowest BCUT2D eigenvalue weighted by atomic mass is 10.2. The van der Waals surface area contributed by atoms with Crippen LogP contribution in [0.4, 0.5) is 0 Å². The standard InChI is InChI=1S/C15H22N2O3/c1-17(7-8-20-11-12-3-4-12)10-14-6-5-13(9-16-14)15(18)19-2/h5-6,9,12H,3-4,7-8,10-11H2,1-2H3. The Hall–Kier alpha value is -1.46. The SMILES string of the molecule is COC(=O)c1ccc(CN(C)CCOCC2CC2)nc1. The van der Waals surface area contributed by atoms with Gasteiger partial charge in [-0.3, -0.25) is 9.88 Å². The summed E-state index contributed by atoms with van der Waals surface area (Å²) < 4.78 is 10.2. The van der Waals surface area contributed by atoms with Gasteiger partial charge in [0.15, 0.2) is 0 Å². The average molecular weight is 278 g/mol. The zero-order valence-corrected chi connectivity index (χ0v) is 12.2. The fourth-order valence-corrected chi connectivity index (χ4v) is 1.87. The summed E-state index contributed by atoms with van der Waals surface area (Å²) in [5, 5.41) is 0. The van der Waals surface area contributed by atoms with Crippen LogP contribution in [-0.4, -0.2) is 49.8 Å². The number of rotatable bonds is 8. The van der Waals surface area contributed by atoms with Gasteiger partial charge in [-0.05, 0) is 37.9 Å². The van der Waals surface area contributed by atoms with E-state index in [2.05, 4.69) is 14.6 Å². The third kappa shape index (κ3) is 4.90. The Morgan fingerprint density at radius 3 is 2.85 bits per heavy atom. The first-order chi connectivity index (χ1) is 9.69. The number of hydrogen-bond donors (Lipinski definition) is 0. The van der Waals surface area contributed by atoms with Crippen molar-refractivity contribution in [1.29, 1.82) is 0 Å². The zero-order chi connectivity index (χ0) is 14.4. The van der Waals surface area contributed by atoms with Crippen molar-refractivity contribution in [1.82, 2.24) is 9.88 Å². The summed E-state index contributed by atoms with van der Waals surface area (Å²) in [5.41, 5.74) is 1.41. The van der Waals surface area contributed by atoms with Crippen molar-refractivity contribution in [2.75, 3.05) is 33.9 Å². The van der Waals surface area contributed by atoms with Crippen LogP contribution >= 0.6 is 0 Å². The number of methoxy groups -OCH3 is 1. The van der Waals surface area contributed by atoms with E-state index >= 15 is 0 Å². The highest BCUT2D eigenvalue weighted by atomic mass is 16.5. The van der Waals surface area contributed by atoms with E-state index in [9.17, 15) is 4.79 Å². The van der Waals surface area contributed by atoms with Gasteiger partial charge in [0.05, 0.1) is 25.0 Å². The van der Waals surface area contributed by atoms with Crippen molar-refractivity contribution in [3.05, 3.63) is 29.6 Å². The molecule has 0 saturated heterocycles. The molecule has 1 aliphatic carbocycles. The van der Waals surface area contributed by atoms with E-state index in [-0.39, 0.29) is 5.97 Å². The number of ether oxygens (including phenoxy) is 2. The van der Waals surface area contributed by atoms with E-state index in [1.807, 2.05) is 13.1 Å². The molecule has 110 valence electrons. The Morgan fingerprint density at radius 2 is 2.25 bits per heavy atom. The summed E-state index contributed by atoms with van der Waals surface area (Å²) in [6.07, 6.45) is 4.21. The Morgan fingerprint density at radius 1 is 1.45 bits per heavy atom. The fourth-order valence-electron chi connectivity index (χ4n) is 1.87. The van der Waals surface area contributed by atoms with Gasteiger partial charge < -0.3 is 9.47 Å². The van der Waals surface area contributed by atoms with Gasteiger partial charge in [-0.25, -0.2) is 4.79 Å². The van der Waals surface area contributed by atoms with Gasteiger partial charge in [0.2, 0.25) is 0 Å². The second kappa shape index (κ2) is 7.36. The molecule has 2 rings (SSSR count). The third-order valence-corrected chi connectivity index (χ3v) is 3.35. The number of nitrogens with zero attached hydrogens (tertiary/aromatic N) is 2. The summed E-state index contributed by atoms with van der Waals surface area (Å²) in [4.78, 5) is 17.7. The predicted molar refractivity (Wildman–Crippen MR) is 75.5 cm³/mol. The van der Waals surface area contributed by atoms with Gasteiger partial charge in [0, 0.05) is 25.9 Å². The second-order valence-corrected chi connectivity index (χ2v) is 5.29. The summed E-state index contributed by atoms with van der Waals surface area (Å²) in [6, 6.07) is 3.60. The number of esters is 1. The van der Waals surface area contributed by atoms with E-state index in [0.29, 0.717) is 5.56 Å². The highest BCUT2D eigenvalue weighted by Crippen LogP contribution is 2.28. The minimum absolute atomic E-state index is 0.356. The molecular formula is C15H22N2O3. The van der Waals surface area contributed by atoms with E-state index in [0.717, 1.165) is 37.9 Å². The maximum atomic E-state index is 11.3. The topological polar surface area (TPSA) is 51.7 Å². The number of aromatic nitrogens is 1. The van der Waals surface area contributed by atoms with Crippen LogP contribution in [0.1, 0.15) is 28.9 Å². The fraction of sp³-hybridized carbons (Fsp3) is 0.600. The van der Waals surface area contributed by atoms with Crippen LogP contribution in [0.15, 0.2) is 18.3 Å². The predicted octanol–water partition coefficient (Wildman–Crippen LogP) is 1.73. The Bertz CT molecular complexity index is 429. The van der Waals surface area contributed by atoms with E-state index in [1.165, 1.54) is 20.0 Å². The summed E-state index contributed by atoms with van der Waals surface area (Å²) >= 11 is 0. The van der Waals surface area contributed by atoms with Crippen LogP contribution in [0, 0.1) is 5.92 Å². The molecule has 5 nitrogen and oxygen atoms in total. The van der Waals surface area contributed by atoms with Crippen LogP contribution in [0.5, 0.6) is 0 Å². The maximum Gasteiger partial charge on any atom is 0.339 e. The molecule has 1 aliphatic rings. The molecule has 0 atom stereocenters. The number of hydrogen-bond acceptors (Lipinski definition) is 5. The second-order valence-electron chi connectivity index (χ2n) is 5.29. The monoisotopic (exact) mass is 278 g/mol. The summed E-state index contributed by atoms with van der Waals surface area (Å²) in [7, 11) is 3.40. The van der Waals surface area contributed by atoms with Crippen LogP contribution in [-0.2, 0) is 16.0 Å². The molecule has 1 heterocycles. The molecule has 0 bridgehead atoms. The number of carbonyl (C=O) groups excluding carboxylic acids is 1. The van der Waals surface area contributed by atoms with E-state index < -0.39 is 0 Å². The van der Waals surface area contributed by atoms with E-state index in [1.54, 1.807) is 12.3 Å². The lowest BCUT2D eigenvalue weighted by Gasteiger charge is -2.16. The lowest BCUT2D eigenvalue weighted by molar-refractivity contribution is 0.0600. The highest BCUT2D eigenvalue weighted by Gasteiger charge is 2.20. The Labute approximate surface area is 119 Å². The lowest BCUT2D eigenvalue weighted by Crippen LogP contribution is -2.23. The molecular weight excluding hydrogens is 256 g/mol. The van der Waals surface area contributed by atoms with Crippen molar-refractivity contribution in [2.45, 2.75) is 19.4 Å². The third-order valence-electron chi connectivity index (χ3n) is 3.35. The molecule has 0 aliphatic heterocycles. The molecule has 1 aromatic rings. The van der Waals surface area contributed by atoms with Gasteiger partial charge in [-0.2, -0.15) is 0 Å². The molecule has 1 fully saturated rings. The molecule has 20 heavy (non-hydrogen) atoms. The molecule has 0 aromatic carbocycles. The molecule has 0 unspecified atom stereocenters. The molecule has 1 saturated carbocycles. The van der Waals surface area contributed by atoms with Gasteiger partial charge in [-0.1, -0.05) is 0 Å². The first kappa shape index (κ1) is 14.9. The van der Waals surface area contributed by atoms with Crippen molar-refractivity contribution < 1.29 is 14.3 Å². The molecule has 0 radical (unpaired) electrons. The van der Waals surface area contributed by atoms with Crippen LogP contribution in [0.3, 0.4) is 0 Å². The molecule has 0 N–H and O–H groups in total. The van der Waals surface area contributed by atoms with Crippen LogP contribution in [0.2, 0.25) is 0 Å². The largest absolute Gasteiger partial charge is 0.465 e. The van der Waals surface area contributed by atoms with Crippen LogP contribution < -0.4 is 0 Å². The summed E-state index contributed by atoms with van der Waals surface area (Å²) in [5.74, 6) is 0.457. The highest BCUT2D eigenvalue weighted by molar-refractivity contribution is 5.88. The number of pyridine rings is 1. The smallest absolute Gasteiger partial charge is 0.339 e. The number of likely N-dealkylation sites (N-methyl/N-ethyl adjacent to an activating group) is 1. The quantitative estimate of drug-likeness (QED) is 0.535. The first-order valence-electron chi connectivity index (χ1n) is 6.98. The van der Waals surface area contributed by atoms with E-state index in [4.69, 9.17) is 4.74 Å². The van der Waals surface area contributed by atoms with Crippen LogP contribution in [0.25, 0.3) is 0 Å². The van der Waals surface area contributed by atoms with Gasteiger partial charge >= 0.3 is 5.97 Å². The van der Waals surface area contributed by atoms with Crippen molar-refractivity contribution in [3.63, 3.8) is 0 Å². The van der Waals surface area contributed by atoms with Crippen molar-refractivity contribution in [3.8, 4) is 0 Å². The Balaban J connectivity index is 1.69. The number of carbonyl (C=O) groups is 1. The summed E-state index contributed by atoms with van der Waals surface area (Å²) in [6.45, 7) is 3.29. The zero-order valence-electron chi connectivity index (χ0n) is 12.2. The molecule has 0 spiro atoms. The minimum Gasteiger partial charge on any atom is -0.465 e. The molecule has 0 amide bonds. The van der Waals surface area contributed by atoms with Crippen molar-refractivity contribution >= 4 is 5.97 Å². The Kier molecular flexibility index (Phi) is 5.49. The average Bonchev–Trinajstić information content (AvgIpc) is 3.28. The minimum atomic E-state index is -0.356. The van der Waals surface area contributed by atoms with Gasteiger partial charge in [-0.15, -0.1) is 0 Å². The molecule has 1 aromatic heterocycles.